The minimum absolute atomic E-state index is 0.227. The fourth-order valence-electron chi connectivity index (χ4n) is 2.79. The standard InChI is InChI=1S/C20H23N3O3S/c1-5-25-20(24)16-12(4)26-19-17(16)18(21)22-15(23-19)10-27-14-8-6-13(7-9-14)11(2)3/h6-9,11H,5,10H2,1-4H3,(H2,21,22,23). The Kier molecular flexibility index (Phi) is 5.70. The Labute approximate surface area is 162 Å². The lowest BCUT2D eigenvalue weighted by atomic mass is 10.0. The molecule has 0 amide bonds. The number of anilines is 1. The maximum Gasteiger partial charge on any atom is 0.342 e. The summed E-state index contributed by atoms with van der Waals surface area (Å²) in [4.78, 5) is 22.1. The summed E-state index contributed by atoms with van der Waals surface area (Å²) in [6, 6.07) is 8.45. The van der Waals surface area contributed by atoms with Crippen molar-refractivity contribution in [3.05, 3.63) is 47.0 Å². The number of aromatic nitrogens is 2. The molecule has 0 aliphatic heterocycles. The first-order valence-corrected chi connectivity index (χ1v) is 9.84. The second-order valence-corrected chi connectivity index (χ2v) is 7.52. The molecule has 3 aromatic rings. The molecule has 0 saturated heterocycles. The first kappa shape index (κ1) is 19.2. The lowest BCUT2D eigenvalue weighted by molar-refractivity contribution is 0.0526. The molecule has 27 heavy (non-hydrogen) atoms. The Morgan fingerprint density at radius 3 is 2.59 bits per heavy atom. The van der Waals surface area contributed by atoms with E-state index in [2.05, 4.69) is 48.1 Å². The molecular weight excluding hydrogens is 362 g/mol. The number of nitrogens with two attached hydrogens (primary N) is 1. The van der Waals surface area contributed by atoms with Gasteiger partial charge in [-0.05, 0) is 37.5 Å². The van der Waals surface area contributed by atoms with E-state index in [1.54, 1.807) is 25.6 Å². The lowest BCUT2D eigenvalue weighted by Crippen LogP contribution is -2.07. The van der Waals surface area contributed by atoms with Gasteiger partial charge in [-0.1, -0.05) is 26.0 Å². The normalized spacial score (nSPS) is 11.3. The number of nitrogens with zero attached hydrogens (tertiary/aromatic N) is 2. The molecule has 2 heterocycles. The third kappa shape index (κ3) is 4.08. The van der Waals surface area contributed by atoms with Gasteiger partial charge in [-0.2, -0.15) is 4.98 Å². The van der Waals surface area contributed by atoms with Crippen molar-refractivity contribution in [2.45, 2.75) is 44.3 Å². The molecule has 0 saturated carbocycles. The Balaban J connectivity index is 1.83. The molecule has 3 rings (SSSR count). The first-order chi connectivity index (χ1) is 12.9. The summed E-state index contributed by atoms with van der Waals surface area (Å²) in [7, 11) is 0. The van der Waals surface area contributed by atoms with E-state index in [4.69, 9.17) is 14.9 Å². The van der Waals surface area contributed by atoms with Crippen molar-refractivity contribution in [3.8, 4) is 0 Å². The predicted octanol–water partition coefficient (Wildman–Crippen LogP) is 4.71. The summed E-state index contributed by atoms with van der Waals surface area (Å²) in [6.07, 6.45) is 0. The van der Waals surface area contributed by atoms with E-state index >= 15 is 0 Å². The molecule has 7 heteroatoms. The number of thioether (sulfide) groups is 1. The summed E-state index contributed by atoms with van der Waals surface area (Å²) in [6.45, 7) is 8.06. The van der Waals surface area contributed by atoms with Gasteiger partial charge >= 0.3 is 5.97 Å². The summed E-state index contributed by atoms with van der Waals surface area (Å²) in [5.74, 6) is 1.79. The summed E-state index contributed by atoms with van der Waals surface area (Å²) in [5, 5.41) is 0.418. The average Bonchev–Trinajstić information content (AvgIpc) is 2.97. The molecule has 142 valence electrons. The minimum atomic E-state index is -0.476. The quantitative estimate of drug-likeness (QED) is 0.485. The number of hydrogen-bond donors (Lipinski definition) is 1. The van der Waals surface area contributed by atoms with Crippen LogP contribution in [0.4, 0.5) is 5.82 Å². The zero-order chi connectivity index (χ0) is 19.6. The highest BCUT2D eigenvalue weighted by Crippen LogP contribution is 2.30. The van der Waals surface area contributed by atoms with Crippen LogP contribution in [0.5, 0.6) is 0 Å². The average molecular weight is 385 g/mol. The number of hydrogen-bond acceptors (Lipinski definition) is 7. The van der Waals surface area contributed by atoms with Crippen molar-refractivity contribution in [1.29, 1.82) is 0 Å². The van der Waals surface area contributed by atoms with Crippen LogP contribution in [0, 0.1) is 6.92 Å². The molecule has 0 aliphatic rings. The topological polar surface area (TPSA) is 91.2 Å². The molecule has 0 radical (unpaired) electrons. The van der Waals surface area contributed by atoms with E-state index in [0.29, 0.717) is 39.9 Å². The van der Waals surface area contributed by atoms with Gasteiger partial charge in [0.1, 0.15) is 23.0 Å². The van der Waals surface area contributed by atoms with Crippen molar-refractivity contribution < 1.29 is 13.9 Å². The van der Waals surface area contributed by atoms with Crippen LogP contribution in [0.2, 0.25) is 0 Å². The third-order valence-electron chi connectivity index (χ3n) is 4.20. The van der Waals surface area contributed by atoms with Gasteiger partial charge in [-0.25, -0.2) is 9.78 Å². The third-order valence-corrected chi connectivity index (χ3v) is 5.20. The molecular formula is C20H23N3O3S. The molecule has 1 aromatic carbocycles. The number of carbonyl (C=O) groups excluding carboxylic acids is 1. The van der Waals surface area contributed by atoms with E-state index in [-0.39, 0.29) is 12.4 Å². The summed E-state index contributed by atoms with van der Waals surface area (Å²) >= 11 is 1.62. The van der Waals surface area contributed by atoms with E-state index in [1.165, 1.54) is 5.56 Å². The van der Waals surface area contributed by atoms with Gasteiger partial charge in [0.15, 0.2) is 0 Å². The SMILES string of the molecule is CCOC(=O)c1c(C)oc2nc(CSc3ccc(C(C)C)cc3)nc(N)c12. The first-order valence-electron chi connectivity index (χ1n) is 8.86. The molecule has 0 aliphatic carbocycles. The molecule has 0 bridgehead atoms. The second kappa shape index (κ2) is 8.00. The van der Waals surface area contributed by atoms with Gasteiger partial charge in [0, 0.05) is 4.90 Å². The highest BCUT2D eigenvalue weighted by atomic mass is 32.2. The highest BCUT2D eigenvalue weighted by Gasteiger charge is 2.23. The van der Waals surface area contributed by atoms with Crippen molar-refractivity contribution >= 4 is 34.6 Å². The number of ether oxygens (including phenoxy) is 1. The van der Waals surface area contributed by atoms with Crippen LogP contribution in [0.15, 0.2) is 33.6 Å². The fourth-order valence-corrected chi connectivity index (χ4v) is 3.55. The monoisotopic (exact) mass is 385 g/mol. The van der Waals surface area contributed by atoms with E-state index in [0.717, 1.165) is 4.90 Å². The van der Waals surface area contributed by atoms with Crippen molar-refractivity contribution in [2.75, 3.05) is 12.3 Å². The van der Waals surface area contributed by atoms with Gasteiger partial charge in [0.2, 0.25) is 5.71 Å². The second-order valence-electron chi connectivity index (χ2n) is 6.47. The molecule has 2 N–H and O–H groups in total. The zero-order valence-electron chi connectivity index (χ0n) is 15.9. The van der Waals surface area contributed by atoms with Crippen LogP contribution < -0.4 is 5.73 Å². The molecule has 0 unspecified atom stereocenters. The van der Waals surface area contributed by atoms with Crippen LogP contribution in [-0.2, 0) is 10.5 Å². The molecule has 2 aromatic heterocycles. The minimum Gasteiger partial charge on any atom is -0.462 e. The van der Waals surface area contributed by atoms with Crippen LogP contribution >= 0.6 is 11.8 Å². The van der Waals surface area contributed by atoms with Crippen LogP contribution in [0.25, 0.3) is 11.1 Å². The molecule has 0 atom stereocenters. The number of benzene rings is 1. The Bertz CT molecular complexity index is 965. The largest absolute Gasteiger partial charge is 0.462 e. The number of nitrogen functional groups attached to an aromatic ring is 1. The fraction of sp³-hybridized carbons (Fsp3) is 0.350. The number of fused-ring (bicyclic) bond motifs is 1. The van der Waals surface area contributed by atoms with Gasteiger partial charge in [-0.3, -0.25) is 0 Å². The molecule has 0 fully saturated rings. The number of rotatable bonds is 6. The smallest absolute Gasteiger partial charge is 0.342 e. The van der Waals surface area contributed by atoms with E-state index in [9.17, 15) is 4.79 Å². The van der Waals surface area contributed by atoms with Crippen LogP contribution in [0.3, 0.4) is 0 Å². The van der Waals surface area contributed by atoms with Gasteiger partial charge in [0.05, 0.1) is 17.7 Å². The zero-order valence-corrected chi connectivity index (χ0v) is 16.7. The van der Waals surface area contributed by atoms with Gasteiger partial charge < -0.3 is 14.9 Å². The van der Waals surface area contributed by atoms with Crippen molar-refractivity contribution in [1.82, 2.24) is 9.97 Å². The molecule has 6 nitrogen and oxygen atoms in total. The summed E-state index contributed by atoms with van der Waals surface area (Å²) in [5.41, 5.74) is 8.02. The van der Waals surface area contributed by atoms with Gasteiger partial charge in [-0.15, -0.1) is 11.8 Å². The molecule has 0 spiro atoms. The van der Waals surface area contributed by atoms with E-state index < -0.39 is 5.97 Å². The Morgan fingerprint density at radius 1 is 1.26 bits per heavy atom. The number of furan rings is 1. The lowest BCUT2D eigenvalue weighted by Gasteiger charge is -2.07. The highest BCUT2D eigenvalue weighted by molar-refractivity contribution is 7.98. The Morgan fingerprint density at radius 2 is 1.96 bits per heavy atom. The van der Waals surface area contributed by atoms with Gasteiger partial charge in [0.25, 0.3) is 0 Å². The maximum absolute atomic E-state index is 12.2. The number of esters is 1. The summed E-state index contributed by atoms with van der Waals surface area (Å²) < 4.78 is 10.7. The van der Waals surface area contributed by atoms with Crippen LogP contribution in [-0.4, -0.2) is 22.5 Å². The predicted molar refractivity (Wildman–Crippen MR) is 107 cm³/mol. The number of carbonyl (C=O) groups is 1. The Hall–Kier alpha value is -2.54. The maximum atomic E-state index is 12.2. The van der Waals surface area contributed by atoms with Crippen LogP contribution in [0.1, 0.15) is 54.2 Å². The van der Waals surface area contributed by atoms with Crippen molar-refractivity contribution in [3.63, 3.8) is 0 Å². The van der Waals surface area contributed by atoms with Crippen molar-refractivity contribution in [2.24, 2.45) is 0 Å². The van der Waals surface area contributed by atoms with E-state index in [1.807, 2.05) is 0 Å². The number of aryl methyl sites for hydroxylation is 1.